The lowest BCUT2D eigenvalue weighted by molar-refractivity contribution is -0.122. The molecular formula is C20H24Cl2N2O3S. The summed E-state index contributed by atoms with van der Waals surface area (Å²) in [5, 5.41) is 3.47. The molecule has 0 saturated carbocycles. The molecule has 0 bridgehead atoms. The number of carbonyl (C=O) groups excluding carboxylic acids is 1. The van der Waals surface area contributed by atoms with Crippen LogP contribution < -0.4 is 9.62 Å². The summed E-state index contributed by atoms with van der Waals surface area (Å²) in [6.45, 7) is 3.43. The van der Waals surface area contributed by atoms with E-state index in [1.165, 1.54) is 30.7 Å². The van der Waals surface area contributed by atoms with Crippen molar-refractivity contribution in [2.45, 2.75) is 38.8 Å². The van der Waals surface area contributed by atoms with Crippen LogP contribution in [0.5, 0.6) is 0 Å². The molecule has 0 aliphatic rings. The number of rotatable bonds is 8. The Hall–Kier alpha value is -1.76. The number of carbonyl (C=O) groups is 1. The van der Waals surface area contributed by atoms with Gasteiger partial charge in [0, 0.05) is 16.1 Å². The van der Waals surface area contributed by atoms with Gasteiger partial charge in [-0.1, -0.05) is 53.5 Å². The van der Waals surface area contributed by atoms with E-state index in [1.54, 1.807) is 0 Å². The van der Waals surface area contributed by atoms with E-state index in [1.807, 2.05) is 37.3 Å². The summed E-state index contributed by atoms with van der Waals surface area (Å²) < 4.78 is 25.7. The van der Waals surface area contributed by atoms with Gasteiger partial charge in [0.2, 0.25) is 15.9 Å². The Kier molecular flexibility index (Phi) is 7.75. The Bertz CT molecular complexity index is 900. The lowest BCUT2D eigenvalue weighted by atomic mass is 10.1. The van der Waals surface area contributed by atoms with Crippen LogP contribution in [0.3, 0.4) is 0 Å². The lowest BCUT2D eigenvalue weighted by Crippen LogP contribution is -2.50. The molecule has 2 rings (SSSR count). The SMILES string of the molecule is C[C@H](CCc1ccccc1)NC(=O)[C@@H](C)N(c1cc(Cl)cc(Cl)c1)S(C)(=O)=O. The van der Waals surface area contributed by atoms with Crippen LogP contribution in [0.15, 0.2) is 48.5 Å². The zero-order chi connectivity index (χ0) is 20.9. The van der Waals surface area contributed by atoms with Crippen LogP contribution in [0.4, 0.5) is 5.69 Å². The molecule has 2 atom stereocenters. The Morgan fingerprint density at radius 2 is 1.64 bits per heavy atom. The van der Waals surface area contributed by atoms with Crippen LogP contribution in [0.1, 0.15) is 25.8 Å². The van der Waals surface area contributed by atoms with Crippen molar-refractivity contribution < 1.29 is 13.2 Å². The number of hydrogen-bond acceptors (Lipinski definition) is 3. The largest absolute Gasteiger partial charge is 0.352 e. The molecule has 2 aromatic rings. The fourth-order valence-corrected chi connectivity index (χ4v) is 4.61. The highest BCUT2D eigenvalue weighted by molar-refractivity contribution is 7.92. The quantitative estimate of drug-likeness (QED) is 0.662. The van der Waals surface area contributed by atoms with E-state index in [-0.39, 0.29) is 17.6 Å². The van der Waals surface area contributed by atoms with Crippen molar-refractivity contribution in [1.82, 2.24) is 5.32 Å². The molecule has 152 valence electrons. The highest BCUT2D eigenvalue weighted by atomic mass is 35.5. The third-order valence-electron chi connectivity index (χ3n) is 4.29. The Morgan fingerprint density at radius 3 is 2.18 bits per heavy atom. The molecule has 0 unspecified atom stereocenters. The first-order valence-corrected chi connectivity index (χ1v) is 11.5. The molecular weight excluding hydrogens is 419 g/mol. The molecule has 28 heavy (non-hydrogen) atoms. The van der Waals surface area contributed by atoms with Gasteiger partial charge < -0.3 is 5.32 Å². The van der Waals surface area contributed by atoms with Crippen molar-refractivity contribution in [3.05, 3.63) is 64.1 Å². The van der Waals surface area contributed by atoms with E-state index in [0.717, 1.165) is 23.4 Å². The summed E-state index contributed by atoms with van der Waals surface area (Å²) in [6, 6.07) is 13.3. The van der Waals surface area contributed by atoms with Crippen molar-refractivity contribution in [1.29, 1.82) is 0 Å². The van der Waals surface area contributed by atoms with Crippen LogP contribution in [0.2, 0.25) is 10.0 Å². The zero-order valence-electron chi connectivity index (χ0n) is 16.0. The minimum absolute atomic E-state index is 0.112. The molecule has 0 aliphatic carbocycles. The normalized spacial score (nSPS) is 13.6. The number of anilines is 1. The standard InChI is InChI=1S/C20H24Cl2N2O3S/c1-14(9-10-16-7-5-4-6-8-16)23-20(25)15(2)24(28(3,26)27)19-12-17(21)11-18(22)13-19/h4-8,11-15H,9-10H2,1-3H3,(H,23,25)/t14-,15-/m1/s1. The van der Waals surface area contributed by atoms with Gasteiger partial charge in [-0.3, -0.25) is 9.10 Å². The summed E-state index contributed by atoms with van der Waals surface area (Å²) in [5.41, 5.74) is 1.43. The predicted octanol–water partition coefficient (Wildman–Crippen LogP) is 4.29. The minimum Gasteiger partial charge on any atom is -0.352 e. The van der Waals surface area contributed by atoms with Gasteiger partial charge in [0.1, 0.15) is 6.04 Å². The van der Waals surface area contributed by atoms with E-state index in [4.69, 9.17) is 23.2 Å². The van der Waals surface area contributed by atoms with Crippen LogP contribution in [0, 0.1) is 0 Å². The van der Waals surface area contributed by atoms with E-state index in [0.29, 0.717) is 10.0 Å². The molecule has 0 fully saturated rings. The number of halogens is 2. The molecule has 1 amide bonds. The van der Waals surface area contributed by atoms with E-state index >= 15 is 0 Å². The third kappa shape index (κ3) is 6.40. The van der Waals surface area contributed by atoms with Gasteiger partial charge in [0.15, 0.2) is 0 Å². The van der Waals surface area contributed by atoms with Gasteiger partial charge in [-0.05, 0) is 50.5 Å². The van der Waals surface area contributed by atoms with E-state index in [2.05, 4.69) is 5.32 Å². The molecule has 8 heteroatoms. The first-order chi connectivity index (χ1) is 13.1. The van der Waals surface area contributed by atoms with Gasteiger partial charge in [-0.2, -0.15) is 0 Å². The first-order valence-electron chi connectivity index (χ1n) is 8.87. The Morgan fingerprint density at radius 1 is 1.07 bits per heavy atom. The topological polar surface area (TPSA) is 66.5 Å². The number of sulfonamides is 1. The average molecular weight is 443 g/mol. The average Bonchev–Trinajstić information content (AvgIpc) is 2.59. The summed E-state index contributed by atoms with van der Waals surface area (Å²) in [7, 11) is -3.73. The number of nitrogens with one attached hydrogen (secondary N) is 1. The van der Waals surface area contributed by atoms with Gasteiger partial charge in [0.25, 0.3) is 0 Å². The molecule has 2 aromatic carbocycles. The number of aryl methyl sites for hydroxylation is 1. The molecule has 0 radical (unpaired) electrons. The van der Waals surface area contributed by atoms with Gasteiger partial charge in [0.05, 0.1) is 11.9 Å². The number of benzene rings is 2. The first kappa shape index (κ1) is 22.5. The van der Waals surface area contributed by atoms with Crippen molar-refractivity contribution >= 4 is 44.8 Å². The van der Waals surface area contributed by atoms with Crippen LogP contribution in [-0.2, 0) is 21.2 Å². The third-order valence-corrected chi connectivity index (χ3v) is 5.97. The fraction of sp³-hybridized carbons (Fsp3) is 0.350. The van der Waals surface area contributed by atoms with Gasteiger partial charge in [-0.15, -0.1) is 0 Å². The molecule has 1 N–H and O–H groups in total. The van der Waals surface area contributed by atoms with Gasteiger partial charge >= 0.3 is 0 Å². The molecule has 0 aromatic heterocycles. The summed E-state index contributed by atoms with van der Waals surface area (Å²) in [4.78, 5) is 12.7. The van der Waals surface area contributed by atoms with Crippen LogP contribution >= 0.6 is 23.2 Å². The summed E-state index contributed by atoms with van der Waals surface area (Å²) in [6.07, 6.45) is 2.60. The molecule has 5 nitrogen and oxygen atoms in total. The maximum atomic E-state index is 12.7. The second-order valence-electron chi connectivity index (χ2n) is 6.80. The molecule has 0 spiro atoms. The molecule has 0 saturated heterocycles. The van der Waals surface area contributed by atoms with Crippen molar-refractivity contribution in [2.75, 3.05) is 10.6 Å². The zero-order valence-corrected chi connectivity index (χ0v) is 18.4. The van der Waals surface area contributed by atoms with Crippen LogP contribution in [0.25, 0.3) is 0 Å². The predicted molar refractivity (Wildman–Crippen MR) is 116 cm³/mol. The number of nitrogens with zero attached hydrogens (tertiary/aromatic N) is 1. The maximum Gasteiger partial charge on any atom is 0.243 e. The Labute approximate surface area is 176 Å². The van der Waals surface area contributed by atoms with Crippen molar-refractivity contribution in [3.8, 4) is 0 Å². The Balaban J connectivity index is 2.11. The van der Waals surface area contributed by atoms with Crippen LogP contribution in [-0.4, -0.2) is 32.7 Å². The van der Waals surface area contributed by atoms with Crippen molar-refractivity contribution in [2.24, 2.45) is 0 Å². The smallest absolute Gasteiger partial charge is 0.243 e. The van der Waals surface area contributed by atoms with E-state index < -0.39 is 16.1 Å². The second-order valence-corrected chi connectivity index (χ2v) is 9.53. The molecule has 0 aliphatic heterocycles. The highest BCUT2D eigenvalue weighted by Gasteiger charge is 2.30. The highest BCUT2D eigenvalue weighted by Crippen LogP contribution is 2.28. The maximum absolute atomic E-state index is 12.7. The lowest BCUT2D eigenvalue weighted by Gasteiger charge is -2.29. The van der Waals surface area contributed by atoms with Crippen molar-refractivity contribution in [3.63, 3.8) is 0 Å². The minimum atomic E-state index is -3.73. The fourth-order valence-electron chi connectivity index (χ4n) is 2.94. The van der Waals surface area contributed by atoms with Gasteiger partial charge in [-0.25, -0.2) is 8.42 Å². The number of amides is 1. The summed E-state index contributed by atoms with van der Waals surface area (Å²) in [5.74, 6) is -0.387. The monoisotopic (exact) mass is 442 g/mol. The number of hydrogen-bond donors (Lipinski definition) is 1. The molecule has 0 heterocycles. The second kappa shape index (κ2) is 9.63. The summed E-state index contributed by atoms with van der Waals surface area (Å²) >= 11 is 12.0. The van der Waals surface area contributed by atoms with E-state index in [9.17, 15) is 13.2 Å².